The van der Waals surface area contributed by atoms with E-state index in [0.29, 0.717) is 24.5 Å². The van der Waals surface area contributed by atoms with Crippen LogP contribution in [0.4, 0.5) is 0 Å². The van der Waals surface area contributed by atoms with Crippen LogP contribution in [-0.4, -0.2) is 40.9 Å². The van der Waals surface area contributed by atoms with Crippen LogP contribution in [0.5, 0.6) is 0 Å². The largest absolute Gasteiger partial charge is 0.481 e. The van der Waals surface area contributed by atoms with E-state index in [-0.39, 0.29) is 24.2 Å². The average Bonchev–Trinajstić information content (AvgIpc) is 2.49. The topological polar surface area (TPSA) is 57.6 Å². The Labute approximate surface area is 129 Å². The average molecular weight is 310 g/mol. The molecule has 5 heteroatoms. The summed E-state index contributed by atoms with van der Waals surface area (Å²) in [6.07, 6.45) is 1.64. The number of carboxylic acids is 1. The third-order valence-electron chi connectivity index (χ3n) is 4.12. The van der Waals surface area contributed by atoms with E-state index in [1.807, 2.05) is 35.2 Å². The van der Waals surface area contributed by atoms with Crippen LogP contribution >= 0.6 is 11.6 Å². The molecule has 2 atom stereocenters. The molecule has 0 spiro atoms. The van der Waals surface area contributed by atoms with Gasteiger partial charge >= 0.3 is 5.97 Å². The third kappa shape index (κ3) is 4.21. The molecule has 1 saturated heterocycles. The molecule has 0 aliphatic carbocycles. The quantitative estimate of drug-likeness (QED) is 0.851. The summed E-state index contributed by atoms with van der Waals surface area (Å²) in [5.74, 6) is 0.0150. The Balaban J connectivity index is 2.04. The molecule has 1 aliphatic heterocycles. The summed E-state index contributed by atoms with van der Waals surface area (Å²) in [4.78, 5) is 25.2. The Morgan fingerprint density at radius 3 is 2.57 bits per heavy atom. The predicted molar refractivity (Wildman–Crippen MR) is 81.5 cm³/mol. The number of alkyl halides is 1. The number of piperidine rings is 1. The minimum absolute atomic E-state index is 0.0175. The van der Waals surface area contributed by atoms with Gasteiger partial charge in [0.2, 0.25) is 0 Å². The van der Waals surface area contributed by atoms with Crippen molar-refractivity contribution < 1.29 is 14.7 Å². The van der Waals surface area contributed by atoms with Gasteiger partial charge in [0.25, 0.3) is 5.91 Å². The zero-order valence-corrected chi connectivity index (χ0v) is 12.6. The van der Waals surface area contributed by atoms with Crippen molar-refractivity contribution in [2.24, 2.45) is 11.8 Å². The molecular weight excluding hydrogens is 290 g/mol. The van der Waals surface area contributed by atoms with Gasteiger partial charge in [0.1, 0.15) is 0 Å². The van der Waals surface area contributed by atoms with Gasteiger partial charge in [-0.3, -0.25) is 9.59 Å². The molecular formula is C16H20ClNO3. The van der Waals surface area contributed by atoms with Gasteiger partial charge < -0.3 is 10.0 Å². The maximum absolute atomic E-state index is 12.5. The fourth-order valence-corrected chi connectivity index (χ4v) is 3.27. The molecule has 1 aromatic carbocycles. The number of hydrogen-bond donors (Lipinski definition) is 1. The standard InChI is InChI=1S/C16H20ClNO3/c17-8-6-14-11-18(9-7-13(14)10-15(19)20)16(21)12-4-2-1-3-5-12/h1-5,13-14H,6-11H2,(H,19,20)/t13-,14-/m1/s1. The Bertz CT molecular complexity index is 492. The number of benzene rings is 1. The highest BCUT2D eigenvalue weighted by atomic mass is 35.5. The lowest BCUT2D eigenvalue weighted by Crippen LogP contribution is -2.44. The Hall–Kier alpha value is -1.55. The monoisotopic (exact) mass is 309 g/mol. The van der Waals surface area contributed by atoms with Crippen molar-refractivity contribution >= 4 is 23.5 Å². The second kappa shape index (κ2) is 7.46. The van der Waals surface area contributed by atoms with Crippen molar-refractivity contribution in [3.63, 3.8) is 0 Å². The number of rotatable bonds is 5. The Morgan fingerprint density at radius 1 is 1.24 bits per heavy atom. The first-order chi connectivity index (χ1) is 10.1. The molecule has 1 fully saturated rings. The van der Waals surface area contributed by atoms with Gasteiger partial charge in [-0.15, -0.1) is 11.6 Å². The van der Waals surface area contributed by atoms with Crippen LogP contribution in [0.25, 0.3) is 0 Å². The summed E-state index contributed by atoms with van der Waals surface area (Å²) in [6.45, 7) is 1.21. The SMILES string of the molecule is O=C(O)C[C@H]1CCN(C(=O)c2ccccc2)C[C@H]1CCCl. The molecule has 0 unspecified atom stereocenters. The maximum Gasteiger partial charge on any atom is 0.303 e. The fraction of sp³-hybridized carbons (Fsp3) is 0.500. The van der Waals surface area contributed by atoms with Crippen LogP contribution in [0.2, 0.25) is 0 Å². The van der Waals surface area contributed by atoms with E-state index in [2.05, 4.69) is 0 Å². The number of halogens is 1. The van der Waals surface area contributed by atoms with Crippen LogP contribution in [-0.2, 0) is 4.79 Å². The number of nitrogens with zero attached hydrogens (tertiary/aromatic N) is 1. The van der Waals surface area contributed by atoms with E-state index in [1.165, 1.54) is 0 Å². The summed E-state index contributed by atoms with van der Waals surface area (Å²) >= 11 is 5.83. The first kappa shape index (κ1) is 15.8. The van der Waals surface area contributed by atoms with Crippen molar-refractivity contribution in [2.75, 3.05) is 19.0 Å². The van der Waals surface area contributed by atoms with Gasteiger partial charge in [0.15, 0.2) is 0 Å². The molecule has 0 bridgehead atoms. The number of aliphatic carboxylic acids is 1. The number of carbonyl (C=O) groups excluding carboxylic acids is 1. The highest BCUT2D eigenvalue weighted by Crippen LogP contribution is 2.30. The van der Waals surface area contributed by atoms with Crippen LogP contribution in [0.3, 0.4) is 0 Å². The molecule has 114 valence electrons. The zero-order valence-electron chi connectivity index (χ0n) is 11.9. The summed E-state index contributed by atoms with van der Waals surface area (Å²) < 4.78 is 0. The van der Waals surface area contributed by atoms with Gasteiger partial charge in [-0.2, -0.15) is 0 Å². The summed E-state index contributed by atoms with van der Waals surface area (Å²) in [5, 5.41) is 8.99. The summed E-state index contributed by atoms with van der Waals surface area (Å²) in [7, 11) is 0. The highest BCUT2D eigenvalue weighted by molar-refractivity contribution is 6.17. The van der Waals surface area contributed by atoms with Crippen LogP contribution in [0, 0.1) is 11.8 Å². The van der Waals surface area contributed by atoms with Crippen molar-refractivity contribution in [1.82, 2.24) is 4.90 Å². The van der Waals surface area contributed by atoms with Crippen LogP contribution in [0.15, 0.2) is 30.3 Å². The normalized spacial score (nSPS) is 22.0. The number of carboxylic acid groups (broad SMARTS) is 1. The number of likely N-dealkylation sites (tertiary alicyclic amines) is 1. The lowest BCUT2D eigenvalue weighted by Gasteiger charge is -2.38. The molecule has 1 heterocycles. The number of amides is 1. The molecule has 1 N–H and O–H groups in total. The Morgan fingerprint density at radius 2 is 1.95 bits per heavy atom. The second-order valence-electron chi connectivity index (χ2n) is 5.50. The maximum atomic E-state index is 12.5. The minimum atomic E-state index is -0.776. The van der Waals surface area contributed by atoms with E-state index in [1.54, 1.807) is 0 Å². The van der Waals surface area contributed by atoms with Gasteiger partial charge in [-0.25, -0.2) is 0 Å². The van der Waals surface area contributed by atoms with Crippen molar-refractivity contribution in [3.05, 3.63) is 35.9 Å². The number of hydrogen-bond acceptors (Lipinski definition) is 2. The summed E-state index contributed by atoms with van der Waals surface area (Å²) in [6, 6.07) is 9.19. The van der Waals surface area contributed by atoms with Gasteiger partial charge in [-0.05, 0) is 36.8 Å². The Kier molecular flexibility index (Phi) is 5.62. The van der Waals surface area contributed by atoms with Gasteiger partial charge in [0.05, 0.1) is 0 Å². The predicted octanol–water partition coefficient (Wildman–Crippen LogP) is 2.87. The minimum Gasteiger partial charge on any atom is -0.481 e. The van der Waals surface area contributed by atoms with E-state index >= 15 is 0 Å². The fourth-order valence-electron chi connectivity index (χ4n) is 2.99. The van der Waals surface area contributed by atoms with E-state index in [0.717, 1.165) is 12.8 Å². The molecule has 0 aromatic heterocycles. The molecule has 2 rings (SSSR count). The van der Waals surface area contributed by atoms with Gasteiger partial charge in [0, 0.05) is 31.0 Å². The molecule has 0 saturated carbocycles. The van der Waals surface area contributed by atoms with E-state index in [9.17, 15) is 9.59 Å². The van der Waals surface area contributed by atoms with Crippen LogP contribution in [0.1, 0.15) is 29.6 Å². The van der Waals surface area contributed by atoms with Gasteiger partial charge in [-0.1, -0.05) is 18.2 Å². The first-order valence-corrected chi connectivity index (χ1v) is 7.77. The van der Waals surface area contributed by atoms with Crippen LogP contribution < -0.4 is 0 Å². The molecule has 1 aliphatic rings. The first-order valence-electron chi connectivity index (χ1n) is 7.24. The molecule has 1 amide bonds. The van der Waals surface area contributed by atoms with Crippen molar-refractivity contribution in [1.29, 1.82) is 0 Å². The third-order valence-corrected chi connectivity index (χ3v) is 4.33. The second-order valence-corrected chi connectivity index (χ2v) is 5.88. The molecule has 1 aromatic rings. The van der Waals surface area contributed by atoms with E-state index in [4.69, 9.17) is 16.7 Å². The molecule has 4 nitrogen and oxygen atoms in total. The lowest BCUT2D eigenvalue weighted by atomic mass is 9.81. The van der Waals surface area contributed by atoms with Crippen molar-refractivity contribution in [2.45, 2.75) is 19.3 Å². The number of carbonyl (C=O) groups is 2. The zero-order chi connectivity index (χ0) is 15.2. The lowest BCUT2D eigenvalue weighted by molar-refractivity contribution is -0.139. The summed E-state index contributed by atoms with van der Waals surface area (Å²) in [5.41, 5.74) is 0.679. The molecule has 21 heavy (non-hydrogen) atoms. The molecule has 0 radical (unpaired) electrons. The smallest absolute Gasteiger partial charge is 0.303 e. The van der Waals surface area contributed by atoms with E-state index < -0.39 is 5.97 Å². The highest BCUT2D eigenvalue weighted by Gasteiger charge is 2.32. The van der Waals surface area contributed by atoms with Crippen molar-refractivity contribution in [3.8, 4) is 0 Å².